The predicted molar refractivity (Wildman–Crippen MR) is 189 cm³/mol. The summed E-state index contributed by atoms with van der Waals surface area (Å²) in [5, 5.41) is 51.1. The second kappa shape index (κ2) is 17.0. The topological polar surface area (TPSA) is 325 Å². The molecule has 21 nitrogen and oxygen atoms in total. The maximum Gasteiger partial charge on any atom is 0.297 e. The first-order valence-corrected chi connectivity index (χ1v) is 20.2. The molecule has 0 aliphatic heterocycles. The lowest BCUT2D eigenvalue weighted by molar-refractivity contribution is -0.434. The van der Waals surface area contributed by atoms with Crippen molar-refractivity contribution >= 4 is 104 Å². The molecule has 0 radical (unpaired) electrons. The molecule has 0 amide bonds. The van der Waals surface area contributed by atoms with Crippen LogP contribution in [0, 0.1) is 0 Å². The molecule has 0 saturated heterocycles. The van der Waals surface area contributed by atoms with E-state index in [1.165, 1.54) is 42.5 Å². The second-order valence-corrected chi connectivity index (χ2v) is 16.5. The van der Waals surface area contributed by atoms with Gasteiger partial charge in [-0.25, -0.2) is 18.9 Å². The number of rotatable bonds is 16. The van der Waals surface area contributed by atoms with Gasteiger partial charge >= 0.3 is 0 Å². The van der Waals surface area contributed by atoms with Crippen molar-refractivity contribution in [1.82, 2.24) is 0 Å². The van der Waals surface area contributed by atoms with E-state index in [1.54, 1.807) is 0 Å². The van der Waals surface area contributed by atoms with Gasteiger partial charge in [0.15, 0.2) is 27.9 Å². The van der Waals surface area contributed by atoms with Crippen LogP contribution in [0.25, 0.3) is 21.5 Å². The van der Waals surface area contributed by atoms with Gasteiger partial charge in [-0.2, -0.15) is 21.9 Å². The number of sulfone groups is 1. The van der Waals surface area contributed by atoms with E-state index in [0.29, 0.717) is 12.0 Å². The number of phenolic OH excluding ortho intramolecular Hbond substituents is 1. The molecule has 5 aromatic rings. The first kappa shape index (κ1) is 40.8. The molecule has 0 heterocycles. The van der Waals surface area contributed by atoms with Gasteiger partial charge in [-0.3, -0.25) is 13.3 Å². The number of nitrogens with two attached hydrogens (primary N) is 1. The van der Waals surface area contributed by atoms with Crippen LogP contribution in [0.5, 0.6) is 5.75 Å². The number of nitrogen functional groups attached to an aromatic ring is 1. The number of azo groups is 2. The zero-order valence-corrected chi connectivity index (χ0v) is 30.6. The molecule has 5 rings (SSSR count). The molecule has 0 atom stereocenters. The van der Waals surface area contributed by atoms with Crippen molar-refractivity contribution in [3.63, 3.8) is 0 Å². The number of nitrogens with zero attached hydrogens (tertiary/aromatic N) is 4. The molecule has 0 bridgehead atoms. The van der Waals surface area contributed by atoms with Crippen LogP contribution in [-0.2, 0) is 53.0 Å². The fourth-order valence-corrected chi connectivity index (χ4v) is 8.30. The van der Waals surface area contributed by atoms with E-state index >= 15 is 0 Å². The Morgan fingerprint density at radius 1 is 0.704 bits per heavy atom. The summed E-state index contributed by atoms with van der Waals surface area (Å²) >= 11 is 0.550. The van der Waals surface area contributed by atoms with Crippen molar-refractivity contribution in [2.24, 2.45) is 20.5 Å². The smallest absolute Gasteiger partial charge is 0.297 e. The van der Waals surface area contributed by atoms with Gasteiger partial charge in [-0.15, -0.1) is 24.0 Å². The minimum absolute atomic E-state index is 0.0105. The van der Waals surface area contributed by atoms with E-state index in [-0.39, 0.29) is 73.0 Å². The molecule has 0 unspecified atom stereocenters. The molecular formula is C28H23N5O16S5. The number of hydrogen-bond donors (Lipinski definition) is 6. The van der Waals surface area contributed by atoms with Crippen molar-refractivity contribution in [1.29, 1.82) is 0 Å². The average Bonchev–Trinajstić information content (AvgIpc) is 3.11. The molecule has 0 aliphatic carbocycles. The van der Waals surface area contributed by atoms with E-state index in [0.717, 1.165) is 30.3 Å². The fraction of sp³-hybridized carbons (Fsp3) is 0.0714. The number of benzene rings is 5. The van der Waals surface area contributed by atoms with Crippen molar-refractivity contribution < 1.29 is 72.9 Å². The van der Waals surface area contributed by atoms with Crippen LogP contribution in [0.15, 0.2) is 113 Å². The molecule has 0 aromatic heterocycles. The summed E-state index contributed by atoms with van der Waals surface area (Å²) in [5.41, 5.74) is 5.58. The Bertz CT molecular complexity index is 2610. The van der Waals surface area contributed by atoms with Crippen LogP contribution in [0.1, 0.15) is 0 Å². The highest BCUT2D eigenvalue weighted by molar-refractivity contribution is 7.94. The third kappa shape index (κ3) is 9.27. The first-order chi connectivity index (χ1) is 25.6. The molecule has 0 spiro atoms. The molecule has 54 heavy (non-hydrogen) atoms. The Balaban J connectivity index is 1.54. The van der Waals surface area contributed by atoms with E-state index in [9.17, 15) is 39.5 Å². The quantitative estimate of drug-likeness (QED) is 0.0113. The van der Waals surface area contributed by atoms with E-state index in [1.807, 2.05) is 0 Å². The number of aromatic hydroxyl groups is 1. The Labute approximate surface area is 312 Å². The van der Waals surface area contributed by atoms with Gasteiger partial charge in [0.25, 0.3) is 20.2 Å². The van der Waals surface area contributed by atoms with Crippen LogP contribution in [0.3, 0.4) is 0 Å². The fourth-order valence-electron chi connectivity index (χ4n) is 4.87. The summed E-state index contributed by atoms with van der Waals surface area (Å²) in [6, 6.07) is 14.8. The van der Waals surface area contributed by atoms with Gasteiger partial charge in [0.1, 0.15) is 26.9 Å². The van der Waals surface area contributed by atoms with Gasteiger partial charge in [0.2, 0.25) is 0 Å². The van der Waals surface area contributed by atoms with E-state index in [4.69, 9.17) is 20.4 Å². The average molecular weight is 846 g/mol. The molecular weight excluding hydrogens is 823 g/mol. The van der Waals surface area contributed by atoms with Crippen molar-refractivity contribution in [2.75, 3.05) is 18.1 Å². The largest absolute Gasteiger partial charge is 0.505 e. The minimum Gasteiger partial charge on any atom is -0.505 e. The summed E-state index contributed by atoms with van der Waals surface area (Å²) in [5.74, 6) is -1.02. The highest BCUT2D eigenvalue weighted by Crippen LogP contribution is 2.48. The highest BCUT2D eigenvalue weighted by Gasteiger charge is 2.25. The van der Waals surface area contributed by atoms with E-state index in [2.05, 4.69) is 39.2 Å². The summed E-state index contributed by atoms with van der Waals surface area (Å²) in [6.45, 7) is -0.292. The number of hydrogen-bond acceptors (Lipinski definition) is 21. The summed E-state index contributed by atoms with van der Waals surface area (Å²) in [6.07, 6.45) is 0. The van der Waals surface area contributed by atoms with Gasteiger partial charge in [0.05, 0.1) is 45.6 Å². The molecule has 0 fully saturated rings. The zero-order chi connectivity index (χ0) is 39.3. The van der Waals surface area contributed by atoms with Crippen LogP contribution in [-0.4, -0.2) is 62.3 Å². The van der Waals surface area contributed by atoms with Gasteiger partial charge in [0, 0.05) is 21.5 Å². The lowest BCUT2D eigenvalue weighted by Gasteiger charge is -2.12. The maximum atomic E-state index is 12.6. The molecule has 286 valence electrons. The molecule has 7 N–H and O–H groups in total. The molecule has 5 aromatic carbocycles. The molecule has 0 aliphatic rings. The first-order valence-electron chi connectivity index (χ1n) is 14.2. The molecule has 0 saturated carbocycles. The third-order valence-electron chi connectivity index (χ3n) is 7.14. The van der Waals surface area contributed by atoms with Gasteiger partial charge < -0.3 is 10.8 Å². The van der Waals surface area contributed by atoms with Crippen LogP contribution in [0.2, 0.25) is 0 Å². The normalized spacial score (nSPS) is 12.8. The van der Waals surface area contributed by atoms with Crippen LogP contribution in [0.4, 0.5) is 28.4 Å². The Kier molecular flexibility index (Phi) is 12.8. The summed E-state index contributed by atoms with van der Waals surface area (Å²) < 4.78 is 107. The predicted octanol–water partition coefficient (Wildman–Crippen LogP) is 6.81. The van der Waals surface area contributed by atoms with Crippen LogP contribution < -0.4 is 5.73 Å². The van der Waals surface area contributed by atoms with Crippen molar-refractivity contribution in [3.05, 3.63) is 72.8 Å². The highest BCUT2D eigenvalue weighted by atomic mass is 32.2. The number of anilines is 1. The maximum absolute atomic E-state index is 12.6. The third-order valence-corrected chi connectivity index (χ3v) is 11.7. The summed E-state index contributed by atoms with van der Waals surface area (Å²) in [4.78, 5) is -1.69. The minimum atomic E-state index is -5.12. The Morgan fingerprint density at radius 3 is 2.06 bits per heavy atom. The number of phenols is 1. The van der Waals surface area contributed by atoms with Crippen molar-refractivity contribution in [3.8, 4) is 5.75 Å². The SMILES string of the molecule is Nc1ccc2c(O)c(N=Nc3ccc4c(S(=O)(=O)O)cccc4c3S(=O)(=O)O)c(SOOO)cc2c1N=Nc1ccc(S(=O)(=O)CCOSOOO)cc1. The standard InChI is InChI=1S/C28H23N5O16S5/c29-21-10-8-18-20(25(21)32-30-15-4-6-16(7-5-15)52(37,38)13-12-45-51-49-47-36)14-23(50-48-46-35)26(27(18)34)33-31-22-11-9-17-19(28(22)54(42,43)44)2-1-3-24(17)53(39,40)41/h1-11,14,34-36H,12-13,29H2,(H,39,40,41)(H,42,43,44). The second-order valence-electron chi connectivity index (χ2n) is 10.4. The molecule has 26 heteroatoms. The lowest BCUT2D eigenvalue weighted by atomic mass is 10.1. The van der Waals surface area contributed by atoms with Crippen LogP contribution >= 0.6 is 24.4 Å². The monoisotopic (exact) mass is 845 g/mol. The summed E-state index contributed by atoms with van der Waals surface area (Å²) in [7, 11) is -13.7. The number of fused-ring (bicyclic) bond motifs is 2. The van der Waals surface area contributed by atoms with Gasteiger partial charge in [-0.1, -0.05) is 28.3 Å². The van der Waals surface area contributed by atoms with Gasteiger partial charge in [-0.05, 0) is 54.6 Å². The lowest BCUT2D eigenvalue weighted by Crippen LogP contribution is -2.10. The zero-order valence-electron chi connectivity index (χ0n) is 26.5. The Hall–Kier alpha value is -4.39. The Morgan fingerprint density at radius 2 is 1.39 bits per heavy atom. The van der Waals surface area contributed by atoms with Crippen molar-refractivity contribution in [2.45, 2.75) is 19.6 Å². The van der Waals surface area contributed by atoms with E-state index < -0.39 is 57.1 Å².